The van der Waals surface area contributed by atoms with Crippen molar-refractivity contribution in [3.05, 3.63) is 23.8 Å². The maximum atomic E-state index is 11.4. The molecule has 0 radical (unpaired) electrons. The highest BCUT2D eigenvalue weighted by atomic mass is 16.5. The number of carbonyl (C=O) groups excluding carboxylic acids is 1. The van der Waals surface area contributed by atoms with Crippen LogP contribution < -0.4 is 15.8 Å². The first-order valence-electron chi connectivity index (χ1n) is 4.92. The number of carbonyl (C=O) groups is 1. The number of ether oxygens (including phenoxy) is 1. The van der Waals surface area contributed by atoms with Crippen LogP contribution >= 0.6 is 0 Å². The van der Waals surface area contributed by atoms with Crippen molar-refractivity contribution in [3.63, 3.8) is 0 Å². The topological polar surface area (TPSA) is 64.3 Å². The second-order valence-corrected chi connectivity index (χ2v) is 3.64. The normalized spacial score (nSPS) is 19.3. The van der Waals surface area contributed by atoms with E-state index in [2.05, 4.69) is 5.32 Å². The predicted molar refractivity (Wildman–Crippen MR) is 58.0 cm³/mol. The lowest BCUT2D eigenvalue weighted by Crippen LogP contribution is -2.27. The molecule has 1 amide bonds. The van der Waals surface area contributed by atoms with Gasteiger partial charge in [0.1, 0.15) is 5.75 Å². The van der Waals surface area contributed by atoms with E-state index in [0.717, 1.165) is 17.0 Å². The highest BCUT2D eigenvalue weighted by molar-refractivity contribution is 5.95. The van der Waals surface area contributed by atoms with E-state index >= 15 is 0 Å². The number of benzene rings is 1. The monoisotopic (exact) mass is 206 g/mol. The molecule has 1 aromatic carbocycles. The average Bonchev–Trinajstić information content (AvgIpc) is 2.26. The number of hydrogen-bond donors (Lipinski definition) is 2. The molecule has 2 rings (SSSR count). The molecule has 3 N–H and O–H groups in total. The highest BCUT2D eigenvalue weighted by Gasteiger charge is 2.24. The van der Waals surface area contributed by atoms with E-state index in [9.17, 15) is 4.79 Å². The minimum absolute atomic E-state index is 0.0196. The molecule has 0 aromatic heterocycles. The Bertz CT molecular complexity index is 390. The van der Waals surface area contributed by atoms with E-state index in [1.807, 2.05) is 18.2 Å². The van der Waals surface area contributed by atoms with Gasteiger partial charge < -0.3 is 15.8 Å². The van der Waals surface area contributed by atoms with E-state index in [-0.39, 0.29) is 11.8 Å². The molecule has 80 valence electrons. The Labute approximate surface area is 88.4 Å². The first kappa shape index (κ1) is 9.98. The fourth-order valence-corrected chi connectivity index (χ4v) is 1.87. The molecule has 0 saturated carbocycles. The Morgan fingerprint density at radius 1 is 1.60 bits per heavy atom. The van der Waals surface area contributed by atoms with E-state index in [0.29, 0.717) is 13.0 Å². The Hall–Kier alpha value is -1.55. The van der Waals surface area contributed by atoms with E-state index in [1.54, 1.807) is 7.11 Å². The maximum Gasteiger partial charge on any atom is 0.225 e. The van der Waals surface area contributed by atoms with Crippen molar-refractivity contribution in [2.45, 2.75) is 12.3 Å². The van der Waals surface area contributed by atoms with Crippen molar-refractivity contribution >= 4 is 11.6 Å². The van der Waals surface area contributed by atoms with Gasteiger partial charge in [0.05, 0.1) is 7.11 Å². The molecule has 1 heterocycles. The van der Waals surface area contributed by atoms with Crippen LogP contribution in [0.25, 0.3) is 0 Å². The fraction of sp³-hybridized carbons (Fsp3) is 0.364. The van der Waals surface area contributed by atoms with Crippen molar-refractivity contribution in [2.75, 3.05) is 19.0 Å². The Balaban J connectivity index is 2.41. The summed E-state index contributed by atoms with van der Waals surface area (Å²) in [5, 5.41) is 2.82. The van der Waals surface area contributed by atoms with Gasteiger partial charge in [-0.3, -0.25) is 4.79 Å². The lowest BCUT2D eigenvalue weighted by molar-refractivity contribution is -0.116. The van der Waals surface area contributed by atoms with Crippen LogP contribution in [0.3, 0.4) is 0 Å². The number of amides is 1. The lowest BCUT2D eigenvalue weighted by atomic mass is 9.90. The zero-order chi connectivity index (χ0) is 10.8. The number of rotatable bonds is 2. The van der Waals surface area contributed by atoms with Gasteiger partial charge in [-0.15, -0.1) is 0 Å². The fourth-order valence-electron chi connectivity index (χ4n) is 1.87. The van der Waals surface area contributed by atoms with Gasteiger partial charge in [-0.25, -0.2) is 0 Å². The zero-order valence-electron chi connectivity index (χ0n) is 8.62. The summed E-state index contributed by atoms with van der Waals surface area (Å²) < 4.78 is 5.10. The molecule has 0 bridgehead atoms. The largest absolute Gasteiger partial charge is 0.497 e. The lowest BCUT2D eigenvalue weighted by Gasteiger charge is -2.24. The third-order valence-electron chi connectivity index (χ3n) is 2.69. The molecule has 0 spiro atoms. The van der Waals surface area contributed by atoms with Crippen LogP contribution in [0.5, 0.6) is 5.75 Å². The van der Waals surface area contributed by atoms with Gasteiger partial charge in [0.25, 0.3) is 0 Å². The standard InChI is InChI=1S/C11H14N2O2/c1-15-8-2-3-9-7(6-12)4-11(14)13-10(9)5-8/h2-3,5,7H,4,6,12H2,1H3,(H,13,14)/t7-/m1/s1. The predicted octanol–water partition coefficient (Wildman–Crippen LogP) is 1.08. The van der Waals surface area contributed by atoms with Gasteiger partial charge in [0, 0.05) is 24.1 Å². The van der Waals surface area contributed by atoms with Crippen molar-refractivity contribution < 1.29 is 9.53 Å². The van der Waals surface area contributed by atoms with Gasteiger partial charge in [0.15, 0.2) is 0 Å². The third kappa shape index (κ3) is 1.80. The second-order valence-electron chi connectivity index (χ2n) is 3.64. The zero-order valence-corrected chi connectivity index (χ0v) is 8.62. The second kappa shape index (κ2) is 3.90. The molecule has 0 unspecified atom stereocenters. The van der Waals surface area contributed by atoms with Gasteiger partial charge >= 0.3 is 0 Å². The smallest absolute Gasteiger partial charge is 0.225 e. The minimum Gasteiger partial charge on any atom is -0.497 e. The van der Waals surface area contributed by atoms with E-state index in [4.69, 9.17) is 10.5 Å². The van der Waals surface area contributed by atoms with Crippen LogP contribution in [0.4, 0.5) is 5.69 Å². The Morgan fingerprint density at radius 3 is 3.07 bits per heavy atom. The quantitative estimate of drug-likeness (QED) is 0.761. The van der Waals surface area contributed by atoms with Crippen LogP contribution in [-0.4, -0.2) is 19.6 Å². The summed E-state index contributed by atoms with van der Waals surface area (Å²) in [4.78, 5) is 11.4. The van der Waals surface area contributed by atoms with Crippen LogP contribution in [0.15, 0.2) is 18.2 Å². The summed E-state index contributed by atoms with van der Waals surface area (Å²) in [5.41, 5.74) is 7.56. The third-order valence-corrected chi connectivity index (χ3v) is 2.69. The minimum atomic E-state index is 0.0196. The van der Waals surface area contributed by atoms with Gasteiger partial charge in [-0.05, 0) is 18.2 Å². The summed E-state index contributed by atoms with van der Waals surface area (Å²) in [6, 6.07) is 5.68. The number of nitrogens with one attached hydrogen (secondary N) is 1. The SMILES string of the molecule is COc1ccc2c(c1)NC(=O)C[C@@H]2CN. The molecular weight excluding hydrogens is 192 g/mol. The molecular formula is C11H14N2O2. The molecule has 0 aliphatic carbocycles. The molecule has 0 saturated heterocycles. The average molecular weight is 206 g/mol. The van der Waals surface area contributed by atoms with Crippen LogP contribution in [0, 0.1) is 0 Å². The van der Waals surface area contributed by atoms with Crippen molar-refractivity contribution in [1.29, 1.82) is 0 Å². The Morgan fingerprint density at radius 2 is 2.40 bits per heavy atom. The van der Waals surface area contributed by atoms with Crippen LogP contribution in [0.1, 0.15) is 17.9 Å². The maximum absolute atomic E-state index is 11.4. The van der Waals surface area contributed by atoms with Crippen molar-refractivity contribution in [2.24, 2.45) is 5.73 Å². The summed E-state index contributed by atoms with van der Waals surface area (Å²) in [6.07, 6.45) is 0.468. The first-order valence-corrected chi connectivity index (χ1v) is 4.92. The first-order chi connectivity index (χ1) is 7.24. The van der Waals surface area contributed by atoms with E-state index < -0.39 is 0 Å². The molecule has 4 heteroatoms. The molecule has 1 aromatic rings. The number of anilines is 1. The van der Waals surface area contributed by atoms with Crippen LogP contribution in [0.2, 0.25) is 0 Å². The molecule has 1 atom stereocenters. The summed E-state index contributed by atoms with van der Waals surface area (Å²) in [7, 11) is 1.60. The van der Waals surface area contributed by atoms with Crippen molar-refractivity contribution in [1.82, 2.24) is 0 Å². The molecule has 15 heavy (non-hydrogen) atoms. The van der Waals surface area contributed by atoms with Gasteiger partial charge in [0.2, 0.25) is 5.91 Å². The van der Waals surface area contributed by atoms with Gasteiger partial charge in [-0.2, -0.15) is 0 Å². The summed E-state index contributed by atoms with van der Waals surface area (Å²) >= 11 is 0. The van der Waals surface area contributed by atoms with Gasteiger partial charge in [-0.1, -0.05) is 6.07 Å². The Kier molecular flexibility index (Phi) is 2.60. The number of nitrogens with two attached hydrogens (primary N) is 1. The molecule has 0 fully saturated rings. The summed E-state index contributed by atoms with van der Waals surface area (Å²) in [5.74, 6) is 0.887. The number of hydrogen-bond acceptors (Lipinski definition) is 3. The summed E-state index contributed by atoms with van der Waals surface area (Å²) in [6.45, 7) is 0.493. The number of fused-ring (bicyclic) bond motifs is 1. The molecule has 1 aliphatic heterocycles. The van der Waals surface area contributed by atoms with Crippen LogP contribution in [-0.2, 0) is 4.79 Å². The highest BCUT2D eigenvalue weighted by Crippen LogP contribution is 2.33. The molecule has 4 nitrogen and oxygen atoms in total. The molecule has 1 aliphatic rings. The van der Waals surface area contributed by atoms with E-state index in [1.165, 1.54) is 0 Å². The van der Waals surface area contributed by atoms with Crippen molar-refractivity contribution in [3.8, 4) is 5.75 Å². The number of methoxy groups -OCH3 is 1.